The predicted molar refractivity (Wildman–Crippen MR) is 124 cm³/mol. The van der Waals surface area contributed by atoms with Crippen LogP contribution in [0.3, 0.4) is 0 Å². The molecule has 0 aliphatic carbocycles. The first-order chi connectivity index (χ1) is 14.0. The minimum atomic E-state index is 0.294. The summed E-state index contributed by atoms with van der Waals surface area (Å²) in [7, 11) is 0. The van der Waals surface area contributed by atoms with Crippen molar-refractivity contribution in [3.63, 3.8) is 0 Å². The summed E-state index contributed by atoms with van der Waals surface area (Å²) in [5, 5.41) is 0. The van der Waals surface area contributed by atoms with E-state index in [-0.39, 0.29) is 0 Å². The Morgan fingerprint density at radius 1 is 0.759 bits per heavy atom. The van der Waals surface area contributed by atoms with Gasteiger partial charge in [0.2, 0.25) is 0 Å². The number of aryl methyl sites for hydroxylation is 2. The summed E-state index contributed by atoms with van der Waals surface area (Å²) in [5.41, 5.74) is 5.45. The highest BCUT2D eigenvalue weighted by Gasteiger charge is 2.15. The normalized spacial score (nSPS) is 11.7. The smallest absolute Gasteiger partial charge is 0.119 e. The fraction of sp³-hybridized carbons (Fsp3) is 0.286. The van der Waals surface area contributed by atoms with Gasteiger partial charge in [0.1, 0.15) is 12.4 Å². The van der Waals surface area contributed by atoms with E-state index in [0.29, 0.717) is 12.0 Å². The molecule has 0 unspecified atom stereocenters. The fourth-order valence-electron chi connectivity index (χ4n) is 3.33. The molecule has 0 heterocycles. The van der Waals surface area contributed by atoms with Crippen LogP contribution in [-0.2, 0) is 6.42 Å². The molecule has 0 atom stereocenters. The highest BCUT2D eigenvalue weighted by atomic mass is 16.5. The molecule has 0 aliphatic rings. The fourth-order valence-corrected chi connectivity index (χ4v) is 3.33. The summed E-state index contributed by atoms with van der Waals surface area (Å²) < 4.78 is 5.87. The van der Waals surface area contributed by atoms with Gasteiger partial charge in [-0.25, -0.2) is 0 Å². The molecule has 0 amide bonds. The standard InChI is InChI=1S/C28H32O/c1-23-11-13-25(14-12-23)26-15-17-27(18-16-26)29-22-8-7-20-28(2,3)21-19-24-9-5-4-6-10-24/h4-18H,19-22H2,1-3H3/b8-7+. The monoisotopic (exact) mass is 384 g/mol. The Kier molecular flexibility index (Phi) is 7.30. The summed E-state index contributed by atoms with van der Waals surface area (Å²) >= 11 is 0. The maximum atomic E-state index is 5.87. The minimum Gasteiger partial charge on any atom is -0.490 e. The Balaban J connectivity index is 1.42. The summed E-state index contributed by atoms with van der Waals surface area (Å²) in [6, 6.07) is 27.7. The van der Waals surface area contributed by atoms with Gasteiger partial charge in [-0.1, -0.05) is 98.3 Å². The first-order valence-corrected chi connectivity index (χ1v) is 10.5. The van der Waals surface area contributed by atoms with Crippen LogP contribution in [0.4, 0.5) is 0 Å². The number of hydrogen-bond donors (Lipinski definition) is 0. The van der Waals surface area contributed by atoms with Crippen molar-refractivity contribution in [2.24, 2.45) is 5.41 Å². The average molecular weight is 385 g/mol. The second-order valence-electron chi connectivity index (χ2n) is 8.53. The molecule has 3 rings (SSSR count). The maximum Gasteiger partial charge on any atom is 0.119 e. The highest BCUT2D eigenvalue weighted by molar-refractivity contribution is 5.64. The Hall–Kier alpha value is -2.80. The van der Waals surface area contributed by atoms with Crippen molar-refractivity contribution in [2.45, 2.75) is 40.0 Å². The summed E-state index contributed by atoms with van der Waals surface area (Å²) in [6.45, 7) is 7.40. The lowest BCUT2D eigenvalue weighted by Gasteiger charge is -2.22. The van der Waals surface area contributed by atoms with Gasteiger partial charge in [0, 0.05) is 0 Å². The molecular formula is C28H32O. The van der Waals surface area contributed by atoms with Crippen LogP contribution in [0, 0.1) is 12.3 Å². The van der Waals surface area contributed by atoms with Gasteiger partial charge < -0.3 is 4.74 Å². The lowest BCUT2D eigenvalue weighted by molar-refractivity contribution is 0.336. The maximum absolute atomic E-state index is 5.87. The van der Waals surface area contributed by atoms with Gasteiger partial charge in [0.05, 0.1) is 0 Å². The van der Waals surface area contributed by atoms with Gasteiger partial charge >= 0.3 is 0 Å². The Bertz CT molecular complexity index is 887. The average Bonchev–Trinajstić information content (AvgIpc) is 2.74. The van der Waals surface area contributed by atoms with Crippen LogP contribution < -0.4 is 4.74 Å². The predicted octanol–water partition coefficient (Wildman–Crippen LogP) is 7.65. The summed E-state index contributed by atoms with van der Waals surface area (Å²) in [4.78, 5) is 0. The van der Waals surface area contributed by atoms with Crippen LogP contribution in [-0.4, -0.2) is 6.61 Å². The number of hydrogen-bond acceptors (Lipinski definition) is 1. The van der Waals surface area contributed by atoms with Crippen LogP contribution in [0.2, 0.25) is 0 Å². The van der Waals surface area contributed by atoms with Gasteiger partial charge in [0.15, 0.2) is 0 Å². The molecule has 1 nitrogen and oxygen atoms in total. The van der Waals surface area contributed by atoms with E-state index in [1.165, 1.54) is 28.7 Å². The largest absolute Gasteiger partial charge is 0.490 e. The van der Waals surface area contributed by atoms with Crippen LogP contribution >= 0.6 is 0 Å². The first kappa shape index (κ1) is 20.9. The van der Waals surface area contributed by atoms with Crippen molar-refractivity contribution in [1.82, 2.24) is 0 Å². The highest BCUT2D eigenvalue weighted by Crippen LogP contribution is 2.27. The molecule has 0 aromatic heterocycles. The summed E-state index contributed by atoms with van der Waals surface area (Å²) in [6.07, 6.45) is 7.77. The SMILES string of the molecule is Cc1ccc(-c2ccc(OC/C=C/CC(C)(C)CCc3ccccc3)cc2)cc1. The lowest BCUT2D eigenvalue weighted by atomic mass is 9.83. The third-order valence-corrected chi connectivity index (χ3v) is 5.36. The number of rotatable bonds is 9. The quantitative estimate of drug-likeness (QED) is 0.344. The minimum absolute atomic E-state index is 0.294. The Labute approximate surface area is 176 Å². The molecule has 0 spiro atoms. The van der Waals surface area contributed by atoms with Gasteiger partial charge in [-0.15, -0.1) is 0 Å². The van der Waals surface area contributed by atoms with Crippen molar-refractivity contribution >= 4 is 0 Å². The molecular weight excluding hydrogens is 352 g/mol. The molecule has 3 aromatic carbocycles. The summed E-state index contributed by atoms with van der Waals surface area (Å²) in [5.74, 6) is 0.911. The molecule has 150 valence electrons. The van der Waals surface area contributed by atoms with Crippen LogP contribution in [0.25, 0.3) is 11.1 Å². The molecule has 0 saturated heterocycles. The van der Waals surface area contributed by atoms with Crippen LogP contribution in [0.1, 0.15) is 37.8 Å². The molecule has 0 fully saturated rings. The number of benzene rings is 3. The van der Waals surface area contributed by atoms with E-state index < -0.39 is 0 Å². The van der Waals surface area contributed by atoms with E-state index in [4.69, 9.17) is 4.74 Å². The van der Waals surface area contributed by atoms with Gasteiger partial charge in [-0.2, -0.15) is 0 Å². The van der Waals surface area contributed by atoms with E-state index in [9.17, 15) is 0 Å². The van der Waals surface area contributed by atoms with E-state index >= 15 is 0 Å². The van der Waals surface area contributed by atoms with E-state index in [2.05, 4.69) is 99.7 Å². The molecule has 0 saturated carbocycles. The van der Waals surface area contributed by atoms with E-state index in [1.54, 1.807) is 0 Å². The molecule has 0 aliphatic heterocycles. The van der Waals surface area contributed by atoms with Crippen LogP contribution in [0.15, 0.2) is 91.0 Å². The first-order valence-electron chi connectivity index (χ1n) is 10.5. The second kappa shape index (κ2) is 10.1. The van der Waals surface area contributed by atoms with Gasteiger partial charge in [-0.05, 0) is 60.4 Å². The molecule has 1 heteroatoms. The van der Waals surface area contributed by atoms with Crippen molar-refractivity contribution in [3.8, 4) is 16.9 Å². The van der Waals surface area contributed by atoms with Crippen molar-refractivity contribution in [1.29, 1.82) is 0 Å². The number of ether oxygens (including phenoxy) is 1. The number of allylic oxidation sites excluding steroid dienone is 1. The van der Waals surface area contributed by atoms with Crippen molar-refractivity contribution in [2.75, 3.05) is 6.61 Å². The van der Waals surface area contributed by atoms with Gasteiger partial charge in [0.25, 0.3) is 0 Å². The molecule has 0 N–H and O–H groups in total. The molecule has 3 aromatic rings. The zero-order valence-corrected chi connectivity index (χ0v) is 17.9. The zero-order chi connectivity index (χ0) is 20.5. The third kappa shape index (κ3) is 6.94. The lowest BCUT2D eigenvalue weighted by Crippen LogP contribution is -2.11. The van der Waals surface area contributed by atoms with Crippen molar-refractivity contribution < 1.29 is 4.74 Å². The van der Waals surface area contributed by atoms with Crippen LogP contribution in [0.5, 0.6) is 5.75 Å². The Morgan fingerprint density at radius 2 is 1.38 bits per heavy atom. The zero-order valence-electron chi connectivity index (χ0n) is 17.9. The van der Waals surface area contributed by atoms with Crippen molar-refractivity contribution in [3.05, 3.63) is 102 Å². The third-order valence-electron chi connectivity index (χ3n) is 5.36. The molecule has 29 heavy (non-hydrogen) atoms. The van der Waals surface area contributed by atoms with E-state index in [0.717, 1.165) is 18.6 Å². The molecule has 0 bridgehead atoms. The molecule has 0 radical (unpaired) electrons. The van der Waals surface area contributed by atoms with Gasteiger partial charge in [-0.3, -0.25) is 0 Å². The second-order valence-corrected chi connectivity index (χ2v) is 8.53. The van der Waals surface area contributed by atoms with E-state index in [1.807, 2.05) is 12.1 Å². The topological polar surface area (TPSA) is 9.23 Å². The Morgan fingerprint density at radius 3 is 2.03 bits per heavy atom.